The number of rotatable bonds is 4. The first-order valence-electron chi connectivity index (χ1n) is 6.65. The lowest BCUT2D eigenvalue weighted by Crippen LogP contribution is -2.43. The van der Waals surface area contributed by atoms with E-state index in [0.717, 1.165) is 0 Å². The Hall–Kier alpha value is -1.35. The smallest absolute Gasteiger partial charge is 0.317 e. The molecule has 0 spiro atoms. The summed E-state index contributed by atoms with van der Waals surface area (Å²) in [6.07, 6.45) is 0. The minimum absolute atomic E-state index is 0.0653. The van der Waals surface area contributed by atoms with Gasteiger partial charge in [-0.2, -0.15) is 0 Å². The van der Waals surface area contributed by atoms with Crippen LogP contribution in [0.4, 0.5) is 0 Å². The summed E-state index contributed by atoms with van der Waals surface area (Å²) in [7, 11) is 0. The van der Waals surface area contributed by atoms with E-state index in [1.54, 1.807) is 0 Å². The Morgan fingerprint density at radius 2 is 1.63 bits per heavy atom. The van der Waals surface area contributed by atoms with Crippen molar-refractivity contribution in [1.29, 1.82) is 0 Å². The number of carboxylic acid groups (broad SMARTS) is 1. The maximum atomic E-state index is 11.0. The SMILES string of the molecule is Cc1cc(C)c(CN(CC(=O)O)C(C)(C)C)cc1C. The van der Waals surface area contributed by atoms with Crippen LogP contribution in [0.1, 0.15) is 43.0 Å². The number of carboxylic acids is 1. The van der Waals surface area contributed by atoms with Gasteiger partial charge < -0.3 is 5.11 Å². The molecule has 0 aliphatic rings. The van der Waals surface area contributed by atoms with Gasteiger partial charge in [0.05, 0.1) is 6.54 Å². The van der Waals surface area contributed by atoms with Gasteiger partial charge >= 0.3 is 5.97 Å². The number of carbonyl (C=O) groups is 1. The van der Waals surface area contributed by atoms with Gasteiger partial charge in [-0.1, -0.05) is 12.1 Å². The summed E-state index contributed by atoms with van der Waals surface area (Å²) in [5, 5.41) is 9.05. The van der Waals surface area contributed by atoms with Crippen molar-refractivity contribution in [2.45, 2.75) is 53.6 Å². The fourth-order valence-corrected chi connectivity index (χ4v) is 2.09. The molecule has 3 heteroatoms. The Balaban J connectivity index is 3.03. The quantitative estimate of drug-likeness (QED) is 0.906. The average molecular weight is 263 g/mol. The van der Waals surface area contributed by atoms with E-state index in [9.17, 15) is 4.79 Å². The molecule has 0 aliphatic heterocycles. The topological polar surface area (TPSA) is 40.5 Å². The summed E-state index contributed by atoms with van der Waals surface area (Å²) < 4.78 is 0. The highest BCUT2D eigenvalue weighted by Gasteiger charge is 2.24. The molecule has 0 bridgehead atoms. The second-order valence-electron chi connectivity index (χ2n) is 6.28. The van der Waals surface area contributed by atoms with E-state index in [4.69, 9.17) is 5.11 Å². The maximum Gasteiger partial charge on any atom is 0.317 e. The molecule has 0 fully saturated rings. The first kappa shape index (κ1) is 15.7. The highest BCUT2D eigenvalue weighted by molar-refractivity contribution is 5.69. The molecule has 0 unspecified atom stereocenters. The number of benzene rings is 1. The highest BCUT2D eigenvalue weighted by Crippen LogP contribution is 2.21. The lowest BCUT2D eigenvalue weighted by Gasteiger charge is -2.34. The van der Waals surface area contributed by atoms with Crippen LogP contribution in [-0.4, -0.2) is 28.1 Å². The molecule has 0 aliphatic carbocycles. The number of aliphatic carboxylic acids is 1. The number of nitrogens with zero attached hydrogens (tertiary/aromatic N) is 1. The van der Waals surface area contributed by atoms with Crippen molar-refractivity contribution in [2.24, 2.45) is 0 Å². The first-order chi connectivity index (χ1) is 8.61. The molecule has 1 aromatic carbocycles. The van der Waals surface area contributed by atoms with Crippen LogP contribution >= 0.6 is 0 Å². The Kier molecular flexibility index (Phi) is 4.75. The minimum Gasteiger partial charge on any atom is -0.480 e. The third kappa shape index (κ3) is 4.35. The molecule has 0 saturated heterocycles. The molecule has 106 valence electrons. The van der Waals surface area contributed by atoms with E-state index in [0.29, 0.717) is 6.54 Å². The van der Waals surface area contributed by atoms with Crippen molar-refractivity contribution in [2.75, 3.05) is 6.54 Å². The van der Waals surface area contributed by atoms with E-state index in [1.807, 2.05) is 25.7 Å². The summed E-state index contributed by atoms with van der Waals surface area (Å²) in [5.74, 6) is -0.781. The molecule has 0 amide bonds. The van der Waals surface area contributed by atoms with Gasteiger partial charge in [0.2, 0.25) is 0 Å². The predicted octanol–water partition coefficient (Wildman–Crippen LogP) is 3.30. The van der Waals surface area contributed by atoms with Crippen molar-refractivity contribution >= 4 is 5.97 Å². The summed E-state index contributed by atoms with van der Waals surface area (Å²) in [4.78, 5) is 13.0. The van der Waals surface area contributed by atoms with Crippen LogP contribution in [0.2, 0.25) is 0 Å². The zero-order valence-electron chi connectivity index (χ0n) is 12.9. The minimum atomic E-state index is -0.781. The number of hydrogen-bond acceptors (Lipinski definition) is 2. The van der Waals surface area contributed by atoms with Crippen molar-refractivity contribution < 1.29 is 9.90 Å². The van der Waals surface area contributed by atoms with Crippen LogP contribution in [0.15, 0.2) is 12.1 Å². The summed E-state index contributed by atoms with van der Waals surface area (Å²) in [6.45, 7) is 13.2. The van der Waals surface area contributed by atoms with Gasteiger partial charge in [0, 0.05) is 12.1 Å². The molecule has 0 atom stereocenters. The van der Waals surface area contributed by atoms with Gasteiger partial charge in [0.1, 0.15) is 0 Å². The first-order valence-corrected chi connectivity index (χ1v) is 6.65. The molecule has 1 N–H and O–H groups in total. The van der Waals surface area contributed by atoms with Crippen molar-refractivity contribution in [1.82, 2.24) is 4.90 Å². The molecule has 0 saturated carbocycles. The largest absolute Gasteiger partial charge is 0.480 e. The average Bonchev–Trinajstić information content (AvgIpc) is 2.22. The molecule has 3 nitrogen and oxygen atoms in total. The molecule has 0 radical (unpaired) electrons. The maximum absolute atomic E-state index is 11.0. The normalized spacial score (nSPS) is 11.9. The standard InChI is InChI=1S/C16H25NO2/c1-11-7-13(3)14(8-12(11)2)9-17(10-15(18)19)16(4,5)6/h7-8H,9-10H2,1-6H3,(H,18,19). The Morgan fingerprint density at radius 3 is 2.11 bits per heavy atom. The third-order valence-corrected chi connectivity index (χ3v) is 3.59. The zero-order valence-corrected chi connectivity index (χ0v) is 12.9. The molecule has 1 rings (SSSR count). The van der Waals surface area contributed by atoms with Gasteiger partial charge in [0.15, 0.2) is 0 Å². The zero-order chi connectivity index (χ0) is 14.8. The number of aryl methyl sites for hydroxylation is 3. The summed E-state index contributed by atoms with van der Waals surface area (Å²) in [6, 6.07) is 4.34. The molecular formula is C16H25NO2. The van der Waals surface area contributed by atoms with Crippen molar-refractivity contribution in [3.63, 3.8) is 0 Å². The Labute approximate surface area is 116 Å². The van der Waals surface area contributed by atoms with Crippen molar-refractivity contribution in [3.05, 3.63) is 34.4 Å². The molecular weight excluding hydrogens is 238 g/mol. The van der Waals surface area contributed by atoms with Gasteiger partial charge in [-0.05, 0) is 63.8 Å². The van der Waals surface area contributed by atoms with Gasteiger partial charge in [-0.25, -0.2) is 0 Å². The number of hydrogen-bond donors (Lipinski definition) is 1. The Morgan fingerprint density at radius 1 is 1.11 bits per heavy atom. The molecule has 0 aromatic heterocycles. The van der Waals surface area contributed by atoms with Crippen LogP contribution in [0.3, 0.4) is 0 Å². The highest BCUT2D eigenvalue weighted by atomic mass is 16.4. The van der Waals surface area contributed by atoms with E-state index < -0.39 is 5.97 Å². The van der Waals surface area contributed by atoms with Crippen LogP contribution in [-0.2, 0) is 11.3 Å². The van der Waals surface area contributed by atoms with Crippen LogP contribution in [0, 0.1) is 20.8 Å². The fraction of sp³-hybridized carbons (Fsp3) is 0.562. The van der Waals surface area contributed by atoms with Gasteiger partial charge in [-0.15, -0.1) is 0 Å². The van der Waals surface area contributed by atoms with Gasteiger partial charge in [-0.3, -0.25) is 9.69 Å². The van der Waals surface area contributed by atoms with E-state index in [1.165, 1.54) is 22.3 Å². The third-order valence-electron chi connectivity index (χ3n) is 3.59. The summed E-state index contributed by atoms with van der Waals surface area (Å²) in [5.41, 5.74) is 4.80. The van der Waals surface area contributed by atoms with Crippen LogP contribution in [0.5, 0.6) is 0 Å². The van der Waals surface area contributed by atoms with E-state index >= 15 is 0 Å². The molecule has 0 heterocycles. The second kappa shape index (κ2) is 5.74. The summed E-state index contributed by atoms with van der Waals surface area (Å²) >= 11 is 0. The monoisotopic (exact) mass is 263 g/mol. The fourth-order valence-electron chi connectivity index (χ4n) is 2.09. The predicted molar refractivity (Wildman–Crippen MR) is 78.5 cm³/mol. The Bertz CT molecular complexity index is 472. The second-order valence-corrected chi connectivity index (χ2v) is 6.28. The lowest BCUT2D eigenvalue weighted by molar-refractivity contribution is -0.139. The van der Waals surface area contributed by atoms with Crippen LogP contribution in [0.25, 0.3) is 0 Å². The van der Waals surface area contributed by atoms with Gasteiger partial charge in [0.25, 0.3) is 0 Å². The van der Waals surface area contributed by atoms with E-state index in [2.05, 4.69) is 32.9 Å². The van der Waals surface area contributed by atoms with Crippen molar-refractivity contribution in [3.8, 4) is 0 Å². The molecule has 19 heavy (non-hydrogen) atoms. The van der Waals surface area contributed by atoms with E-state index in [-0.39, 0.29) is 12.1 Å². The molecule has 1 aromatic rings. The lowest BCUT2D eigenvalue weighted by atomic mass is 9.98. The van der Waals surface area contributed by atoms with Crippen LogP contribution < -0.4 is 0 Å².